The average Bonchev–Trinajstić information content (AvgIpc) is 3.11. The van der Waals surface area contributed by atoms with Gasteiger partial charge in [-0.1, -0.05) is 54.6 Å². The molecule has 5 nitrogen and oxygen atoms in total. The van der Waals surface area contributed by atoms with Crippen LogP contribution in [0.1, 0.15) is 57.5 Å². The Morgan fingerprint density at radius 1 is 0.647 bits per heavy atom. The van der Waals surface area contributed by atoms with Gasteiger partial charge in [-0.3, -0.25) is 14.5 Å². The molecule has 0 saturated carbocycles. The Morgan fingerprint density at radius 2 is 1.32 bits per heavy atom. The maximum atomic E-state index is 12.5. The summed E-state index contributed by atoms with van der Waals surface area (Å²) < 4.78 is 11.6. The number of aryl methyl sites for hydroxylation is 1. The number of imide groups is 1. The van der Waals surface area contributed by atoms with Gasteiger partial charge in [0, 0.05) is 13.2 Å². The summed E-state index contributed by atoms with van der Waals surface area (Å²) in [6.07, 6.45) is 4.57. The van der Waals surface area contributed by atoms with Gasteiger partial charge in [0.05, 0.1) is 24.3 Å². The van der Waals surface area contributed by atoms with Gasteiger partial charge in [0.2, 0.25) is 0 Å². The topological polar surface area (TPSA) is 55.8 Å². The van der Waals surface area contributed by atoms with E-state index in [2.05, 4.69) is 18.2 Å². The number of hydrogen-bond acceptors (Lipinski definition) is 4. The largest absolute Gasteiger partial charge is 0.494 e. The van der Waals surface area contributed by atoms with Crippen LogP contribution in [-0.4, -0.2) is 36.5 Å². The first-order valence-corrected chi connectivity index (χ1v) is 12.0. The van der Waals surface area contributed by atoms with Gasteiger partial charge in [-0.15, -0.1) is 0 Å². The summed E-state index contributed by atoms with van der Waals surface area (Å²) in [5.41, 5.74) is 3.36. The maximum Gasteiger partial charge on any atom is 0.261 e. The molecule has 0 atom stereocenters. The monoisotopic (exact) mass is 457 g/mol. The smallest absolute Gasteiger partial charge is 0.261 e. The second-order valence-electron chi connectivity index (χ2n) is 8.51. The van der Waals surface area contributed by atoms with Crippen LogP contribution >= 0.6 is 0 Å². The van der Waals surface area contributed by atoms with Gasteiger partial charge in [0.25, 0.3) is 11.8 Å². The highest BCUT2D eigenvalue weighted by atomic mass is 16.5. The van der Waals surface area contributed by atoms with Gasteiger partial charge < -0.3 is 9.47 Å². The first-order chi connectivity index (χ1) is 16.7. The molecule has 0 N–H and O–H groups in total. The summed E-state index contributed by atoms with van der Waals surface area (Å²) in [6, 6.07) is 25.3. The lowest BCUT2D eigenvalue weighted by atomic mass is 10.1. The van der Waals surface area contributed by atoms with E-state index in [1.807, 2.05) is 36.4 Å². The highest BCUT2D eigenvalue weighted by molar-refractivity contribution is 6.21. The summed E-state index contributed by atoms with van der Waals surface area (Å²) in [5, 5.41) is 0. The van der Waals surface area contributed by atoms with Crippen LogP contribution in [0.3, 0.4) is 0 Å². The standard InChI is InChI=1S/C29H31NO4/c31-28-26-16-5-6-17-27(26)29(32)30(28)18-10-14-23-13-9-15-25(21-23)34-20-8-2-7-19-33-22-24-11-3-1-4-12-24/h1,3-6,9,11-13,15-17,21H,2,7-8,10,14,18-20,22H2. The van der Waals surface area contributed by atoms with Crippen LogP contribution in [0.2, 0.25) is 0 Å². The molecule has 0 fully saturated rings. The molecule has 4 rings (SSSR count). The molecule has 3 aromatic rings. The number of amides is 2. The minimum absolute atomic E-state index is 0.192. The molecule has 0 aromatic heterocycles. The molecule has 0 aliphatic carbocycles. The Bertz CT molecular complexity index is 1060. The Morgan fingerprint density at radius 3 is 2.09 bits per heavy atom. The molecule has 2 amide bonds. The van der Waals surface area contributed by atoms with Gasteiger partial charge in [0.15, 0.2) is 0 Å². The van der Waals surface area contributed by atoms with E-state index in [0.717, 1.165) is 50.0 Å². The average molecular weight is 458 g/mol. The van der Waals surface area contributed by atoms with Crippen molar-refractivity contribution >= 4 is 11.8 Å². The first-order valence-electron chi connectivity index (χ1n) is 12.0. The van der Waals surface area contributed by atoms with E-state index in [-0.39, 0.29) is 11.8 Å². The molecule has 0 bridgehead atoms. The van der Waals surface area contributed by atoms with E-state index in [0.29, 0.717) is 30.9 Å². The molecule has 1 aliphatic heterocycles. The molecule has 1 heterocycles. The Hall–Kier alpha value is -3.44. The molecule has 3 aromatic carbocycles. The van der Waals surface area contributed by atoms with E-state index in [1.165, 1.54) is 10.5 Å². The predicted octanol–water partition coefficient (Wildman–Crippen LogP) is 5.68. The third-order valence-electron chi connectivity index (χ3n) is 5.94. The van der Waals surface area contributed by atoms with E-state index < -0.39 is 0 Å². The quantitative estimate of drug-likeness (QED) is 0.245. The van der Waals surface area contributed by atoms with Crippen molar-refractivity contribution in [1.82, 2.24) is 4.90 Å². The lowest BCUT2D eigenvalue weighted by Gasteiger charge is -2.14. The van der Waals surface area contributed by atoms with Crippen LogP contribution in [0.5, 0.6) is 5.75 Å². The fourth-order valence-electron chi connectivity index (χ4n) is 4.11. The van der Waals surface area contributed by atoms with Gasteiger partial charge in [-0.25, -0.2) is 0 Å². The van der Waals surface area contributed by atoms with Crippen LogP contribution in [0.15, 0.2) is 78.9 Å². The highest BCUT2D eigenvalue weighted by Crippen LogP contribution is 2.23. The van der Waals surface area contributed by atoms with Gasteiger partial charge in [-0.05, 0) is 67.5 Å². The van der Waals surface area contributed by atoms with Crippen molar-refractivity contribution in [2.45, 2.75) is 38.7 Å². The first kappa shape index (κ1) is 23.7. The number of fused-ring (bicyclic) bond motifs is 1. The van der Waals surface area contributed by atoms with Crippen LogP contribution in [0.4, 0.5) is 0 Å². The molecule has 5 heteroatoms. The molecular weight excluding hydrogens is 426 g/mol. The molecular formula is C29H31NO4. The molecule has 0 unspecified atom stereocenters. The molecule has 1 aliphatic rings. The van der Waals surface area contributed by atoms with E-state index in [4.69, 9.17) is 9.47 Å². The number of ether oxygens (including phenoxy) is 2. The van der Waals surface area contributed by atoms with Crippen molar-refractivity contribution in [1.29, 1.82) is 0 Å². The lowest BCUT2D eigenvalue weighted by Crippen LogP contribution is -2.30. The number of carbonyl (C=O) groups is 2. The summed E-state index contributed by atoms with van der Waals surface area (Å²) in [7, 11) is 0. The summed E-state index contributed by atoms with van der Waals surface area (Å²) in [4.78, 5) is 26.3. The molecule has 34 heavy (non-hydrogen) atoms. The number of nitrogens with zero attached hydrogens (tertiary/aromatic N) is 1. The molecule has 0 radical (unpaired) electrons. The lowest BCUT2D eigenvalue weighted by molar-refractivity contribution is 0.0652. The minimum atomic E-state index is -0.192. The van der Waals surface area contributed by atoms with Gasteiger partial charge in [0.1, 0.15) is 5.75 Å². The van der Waals surface area contributed by atoms with Crippen molar-refractivity contribution in [3.05, 3.63) is 101 Å². The van der Waals surface area contributed by atoms with Crippen molar-refractivity contribution in [2.24, 2.45) is 0 Å². The number of hydrogen-bond donors (Lipinski definition) is 0. The SMILES string of the molecule is O=C1c2ccccc2C(=O)N1CCCc1cccc(OCCCCCOCc2ccccc2)c1. The normalized spacial score (nSPS) is 12.8. The number of rotatable bonds is 13. The minimum Gasteiger partial charge on any atom is -0.494 e. The Labute approximate surface area is 201 Å². The van der Waals surface area contributed by atoms with Crippen molar-refractivity contribution in [3.8, 4) is 5.75 Å². The zero-order chi connectivity index (χ0) is 23.6. The number of benzene rings is 3. The summed E-state index contributed by atoms with van der Waals surface area (Å²) in [6.45, 7) is 2.52. The van der Waals surface area contributed by atoms with E-state index >= 15 is 0 Å². The van der Waals surface area contributed by atoms with E-state index in [9.17, 15) is 9.59 Å². The molecule has 0 saturated heterocycles. The fourth-order valence-corrected chi connectivity index (χ4v) is 4.11. The maximum absolute atomic E-state index is 12.5. The molecule has 0 spiro atoms. The third kappa shape index (κ3) is 6.33. The van der Waals surface area contributed by atoms with E-state index in [1.54, 1.807) is 24.3 Å². The predicted molar refractivity (Wildman–Crippen MR) is 132 cm³/mol. The Balaban J connectivity index is 1.11. The second-order valence-corrected chi connectivity index (χ2v) is 8.51. The van der Waals surface area contributed by atoms with Crippen LogP contribution in [0.25, 0.3) is 0 Å². The zero-order valence-corrected chi connectivity index (χ0v) is 19.4. The third-order valence-corrected chi connectivity index (χ3v) is 5.94. The number of carbonyl (C=O) groups excluding carboxylic acids is 2. The van der Waals surface area contributed by atoms with Crippen molar-refractivity contribution in [3.63, 3.8) is 0 Å². The number of unbranched alkanes of at least 4 members (excludes halogenated alkanes) is 2. The highest BCUT2D eigenvalue weighted by Gasteiger charge is 2.34. The van der Waals surface area contributed by atoms with Crippen molar-refractivity contribution in [2.75, 3.05) is 19.8 Å². The summed E-state index contributed by atoms with van der Waals surface area (Å²) in [5.74, 6) is 0.477. The van der Waals surface area contributed by atoms with Crippen molar-refractivity contribution < 1.29 is 19.1 Å². The fraction of sp³-hybridized carbons (Fsp3) is 0.310. The van der Waals surface area contributed by atoms with Crippen LogP contribution in [0, 0.1) is 0 Å². The Kier molecular flexibility index (Phi) is 8.47. The zero-order valence-electron chi connectivity index (χ0n) is 19.4. The summed E-state index contributed by atoms with van der Waals surface area (Å²) >= 11 is 0. The van der Waals surface area contributed by atoms with Crippen LogP contribution < -0.4 is 4.74 Å². The van der Waals surface area contributed by atoms with Gasteiger partial charge in [-0.2, -0.15) is 0 Å². The second kappa shape index (κ2) is 12.1. The molecule has 176 valence electrons. The van der Waals surface area contributed by atoms with Gasteiger partial charge >= 0.3 is 0 Å². The van der Waals surface area contributed by atoms with Crippen LogP contribution in [-0.2, 0) is 17.8 Å².